The molecule has 1 fully saturated rings. The molecule has 1 saturated heterocycles. The van der Waals surface area contributed by atoms with Gasteiger partial charge in [-0.1, -0.05) is 51.1 Å². The molecular formula is C24H25N3O4. The van der Waals surface area contributed by atoms with E-state index in [0.29, 0.717) is 17.9 Å². The molecule has 7 nitrogen and oxygen atoms in total. The largest absolute Gasteiger partial charge is 0.497 e. The fourth-order valence-corrected chi connectivity index (χ4v) is 3.36. The minimum atomic E-state index is -1.32. The summed E-state index contributed by atoms with van der Waals surface area (Å²) >= 11 is 0. The van der Waals surface area contributed by atoms with E-state index in [9.17, 15) is 4.79 Å². The summed E-state index contributed by atoms with van der Waals surface area (Å²) in [4.78, 5) is 31.8. The van der Waals surface area contributed by atoms with E-state index in [2.05, 4.69) is 15.2 Å². The average molecular weight is 419 g/mol. The maximum Gasteiger partial charge on any atom is 0.399 e. The molecule has 160 valence electrons. The molecule has 2 aromatic carbocycles. The highest BCUT2D eigenvalue weighted by Crippen LogP contribution is 2.42. The van der Waals surface area contributed by atoms with E-state index in [1.54, 1.807) is 13.3 Å². The van der Waals surface area contributed by atoms with E-state index < -0.39 is 17.1 Å². The van der Waals surface area contributed by atoms with Crippen LogP contribution in [0.1, 0.15) is 32.0 Å². The number of carbonyl (C=O) groups is 1. The van der Waals surface area contributed by atoms with Gasteiger partial charge < -0.3 is 10.1 Å². The van der Waals surface area contributed by atoms with Gasteiger partial charge in [-0.15, -0.1) is 4.89 Å². The molecule has 4 rings (SSSR count). The Bertz CT molecular complexity index is 1080. The fourth-order valence-electron chi connectivity index (χ4n) is 3.36. The van der Waals surface area contributed by atoms with E-state index in [1.807, 2.05) is 75.4 Å². The number of carbonyl (C=O) groups excluding carboxylic acids is 1. The molecule has 1 atom stereocenters. The first-order chi connectivity index (χ1) is 14.8. The van der Waals surface area contributed by atoms with Crippen LogP contribution in [0.15, 0.2) is 60.8 Å². The topological polar surface area (TPSA) is 82.6 Å². The van der Waals surface area contributed by atoms with Crippen molar-refractivity contribution in [1.29, 1.82) is 0 Å². The Morgan fingerprint density at radius 1 is 1.06 bits per heavy atom. The maximum absolute atomic E-state index is 12.4. The monoisotopic (exact) mass is 419 g/mol. The smallest absolute Gasteiger partial charge is 0.399 e. The minimum absolute atomic E-state index is 0.479. The van der Waals surface area contributed by atoms with E-state index >= 15 is 0 Å². The van der Waals surface area contributed by atoms with Gasteiger partial charge in [-0.05, 0) is 29.8 Å². The number of aromatic nitrogens is 2. The Morgan fingerprint density at radius 3 is 2.32 bits per heavy atom. The molecule has 1 unspecified atom stereocenters. The van der Waals surface area contributed by atoms with Crippen molar-refractivity contribution >= 4 is 11.8 Å². The normalized spacial score (nSPS) is 18.1. The lowest BCUT2D eigenvalue weighted by Crippen LogP contribution is -2.66. The van der Waals surface area contributed by atoms with Crippen molar-refractivity contribution in [3.05, 3.63) is 72.1 Å². The van der Waals surface area contributed by atoms with Gasteiger partial charge in [0.1, 0.15) is 5.75 Å². The summed E-state index contributed by atoms with van der Waals surface area (Å²) in [5, 5.41) is 3.18. The molecular weight excluding hydrogens is 394 g/mol. The Hall–Kier alpha value is -3.45. The molecule has 0 spiro atoms. The molecule has 2 heterocycles. The van der Waals surface area contributed by atoms with Crippen molar-refractivity contribution in [2.45, 2.75) is 32.9 Å². The van der Waals surface area contributed by atoms with Gasteiger partial charge in [0.15, 0.2) is 5.82 Å². The predicted octanol–water partition coefficient (Wildman–Crippen LogP) is 4.39. The highest BCUT2D eigenvalue weighted by molar-refractivity contribution is 5.86. The molecule has 31 heavy (non-hydrogen) atoms. The van der Waals surface area contributed by atoms with Gasteiger partial charge >= 0.3 is 5.97 Å². The van der Waals surface area contributed by atoms with E-state index in [1.165, 1.54) is 0 Å². The molecule has 0 aliphatic carbocycles. The zero-order chi connectivity index (χ0) is 22.1. The number of nitrogens with one attached hydrogen (secondary N) is 1. The second kappa shape index (κ2) is 8.00. The average Bonchev–Trinajstić information content (AvgIpc) is 2.77. The van der Waals surface area contributed by atoms with Crippen molar-refractivity contribution in [1.82, 2.24) is 9.97 Å². The first kappa shape index (κ1) is 20.8. The number of benzene rings is 2. The molecule has 0 saturated carbocycles. The molecule has 0 bridgehead atoms. The maximum atomic E-state index is 12.4. The summed E-state index contributed by atoms with van der Waals surface area (Å²) in [6.45, 7) is 5.70. The summed E-state index contributed by atoms with van der Waals surface area (Å²) < 4.78 is 5.24. The van der Waals surface area contributed by atoms with E-state index in [0.717, 1.165) is 22.6 Å². The van der Waals surface area contributed by atoms with Crippen molar-refractivity contribution in [3.63, 3.8) is 0 Å². The molecule has 1 N–H and O–H groups in total. The zero-order valence-corrected chi connectivity index (χ0v) is 18.0. The number of rotatable bonds is 6. The number of anilines is 1. The summed E-state index contributed by atoms with van der Waals surface area (Å²) in [5.74, 6) is 0.770. The predicted molar refractivity (Wildman–Crippen MR) is 116 cm³/mol. The summed E-state index contributed by atoms with van der Waals surface area (Å²) in [6.07, 6.45) is 2.22. The Labute approximate surface area is 181 Å². The molecule has 0 radical (unpaired) electrons. The standard InChI is InChI=1S/C24H25N3O4/c1-23(2,3)24(22(28)30-31-24)27-21-19(14-16-8-6-5-7-9-16)26-20(15-25-21)17-10-12-18(29-4)13-11-17/h5-13,15H,14H2,1-4H3,(H,25,27). The second-order valence-electron chi connectivity index (χ2n) is 8.45. The lowest BCUT2D eigenvalue weighted by atomic mass is 9.82. The SMILES string of the molecule is COc1ccc(-c2cnc(NC3(C(C)(C)C)OOC3=O)c(Cc3ccccc3)n2)cc1. The number of hydrogen-bond acceptors (Lipinski definition) is 7. The number of methoxy groups -OCH3 is 1. The molecule has 1 aliphatic heterocycles. The van der Waals surface area contributed by atoms with E-state index in [-0.39, 0.29) is 0 Å². The molecule has 1 aliphatic rings. The van der Waals surface area contributed by atoms with E-state index in [4.69, 9.17) is 14.6 Å². The van der Waals surface area contributed by atoms with Crippen molar-refractivity contribution in [2.24, 2.45) is 5.41 Å². The van der Waals surface area contributed by atoms with Gasteiger partial charge in [-0.25, -0.2) is 14.8 Å². The van der Waals surface area contributed by atoms with Crippen LogP contribution in [0.5, 0.6) is 5.75 Å². The van der Waals surface area contributed by atoms with Crippen LogP contribution < -0.4 is 10.1 Å². The Kier molecular flexibility index (Phi) is 5.37. The van der Waals surface area contributed by atoms with Crippen LogP contribution in [0.4, 0.5) is 5.82 Å². The van der Waals surface area contributed by atoms with Gasteiger partial charge in [-0.2, -0.15) is 0 Å². The molecule has 1 aromatic heterocycles. The minimum Gasteiger partial charge on any atom is -0.497 e. The summed E-state index contributed by atoms with van der Waals surface area (Å²) in [6, 6.07) is 17.6. The first-order valence-corrected chi connectivity index (χ1v) is 10.0. The highest BCUT2D eigenvalue weighted by atomic mass is 17.3. The highest BCUT2D eigenvalue weighted by Gasteiger charge is 2.62. The lowest BCUT2D eigenvalue weighted by Gasteiger charge is -2.45. The summed E-state index contributed by atoms with van der Waals surface area (Å²) in [5.41, 5.74) is 1.53. The Morgan fingerprint density at radius 2 is 1.77 bits per heavy atom. The number of hydrogen-bond donors (Lipinski definition) is 1. The Balaban J connectivity index is 1.74. The molecule has 0 amide bonds. The van der Waals surface area contributed by atoms with Gasteiger partial charge in [-0.3, -0.25) is 4.89 Å². The second-order valence-corrected chi connectivity index (χ2v) is 8.45. The van der Waals surface area contributed by atoms with Gasteiger partial charge in [0.05, 0.1) is 24.7 Å². The lowest BCUT2D eigenvalue weighted by molar-refractivity contribution is -0.413. The fraction of sp³-hybridized carbons (Fsp3) is 0.292. The summed E-state index contributed by atoms with van der Waals surface area (Å²) in [7, 11) is 1.63. The quantitative estimate of drug-likeness (QED) is 0.594. The van der Waals surface area contributed by atoms with Crippen LogP contribution in [0.2, 0.25) is 0 Å². The van der Waals surface area contributed by atoms with Gasteiger partial charge in [0.2, 0.25) is 0 Å². The van der Waals surface area contributed by atoms with Crippen molar-refractivity contribution < 1.29 is 19.3 Å². The zero-order valence-electron chi connectivity index (χ0n) is 18.0. The molecule has 7 heteroatoms. The van der Waals surface area contributed by atoms with Crippen LogP contribution >= 0.6 is 0 Å². The van der Waals surface area contributed by atoms with Crippen LogP contribution in [0.25, 0.3) is 11.3 Å². The molecule has 3 aromatic rings. The van der Waals surface area contributed by atoms with Gasteiger partial charge in [0.25, 0.3) is 5.72 Å². The van der Waals surface area contributed by atoms with Crippen molar-refractivity contribution in [2.75, 3.05) is 12.4 Å². The van der Waals surface area contributed by atoms with Crippen molar-refractivity contribution in [3.8, 4) is 17.0 Å². The van der Waals surface area contributed by atoms with Gasteiger partial charge in [0, 0.05) is 17.4 Å². The van der Waals surface area contributed by atoms with Crippen LogP contribution in [-0.4, -0.2) is 28.8 Å². The number of nitrogens with zero attached hydrogens (tertiary/aromatic N) is 2. The first-order valence-electron chi connectivity index (χ1n) is 10.0. The number of ether oxygens (including phenoxy) is 1. The van der Waals surface area contributed by atoms with Crippen LogP contribution in [0, 0.1) is 5.41 Å². The third kappa shape index (κ3) is 3.96. The third-order valence-corrected chi connectivity index (χ3v) is 5.33. The van der Waals surface area contributed by atoms with Crippen LogP contribution in [-0.2, 0) is 21.0 Å². The third-order valence-electron chi connectivity index (χ3n) is 5.33. The van der Waals surface area contributed by atoms with Crippen LogP contribution in [0.3, 0.4) is 0 Å².